The van der Waals surface area contributed by atoms with Gasteiger partial charge in [-0.15, -0.1) is 0 Å². The number of nitrogens with zero attached hydrogens (tertiary/aromatic N) is 3. The molecule has 3 heterocycles. The molecule has 0 unspecified atom stereocenters. The summed E-state index contributed by atoms with van der Waals surface area (Å²) in [7, 11) is 0. The lowest BCUT2D eigenvalue weighted by molar-refractivity contribution is 0.0694. The lowest BCUT2D eigenvalue weighted by atomic mass is 9.97. The third-order valence-corrected chi connectivity index (χ3v) is 4.65. The molecular formula is C20H21N3O3. The van der Waals surface area contributed by atoms with Gasteiger partial charge in [0.25, 0.3) is 5.91 Å². The molecule has 1 saturated heterocycles. The number of hydrogen-bond acceptors (Lipinski definition) is 5. The minimum atomic E-state index is -0.0534. The Hall–Kier alpha value is -2.89. The summed E-state index contributed by atoms with van der Waals surface area (Å²) in [5.41, 5.74) is 2.15. The largest absolute Gasteiger partial charge is 0.477 e. The van der Waals surface area contributed by atoms with E-state index < -0.39 is 0 Å². The standard InChI is InChI=1S/C20H21N3O3/c1-2-25-19-15(8-5-11-21-19)20(24)23-12-6-7-14(13-23)18-22-16-9-3-4-10-17(16)26-18/h3-5,8-11,14H,2,6-7,12-13H2,1H3/t14-/m1/s1. The molecule has 0 bridgehead atoms. The van der Waals surface area contributed by atoms with Gasteiger partial charge in [0, 0.05) is 19.3 Å². The third kappa shape index (κ3) is 3.14. The second-order valence-electron chi connectivity index (χ2n) is 6.40. The molecule has 0 N–H and O–H groups in total. The van der Waals surface area contributed by atoms with Crippen molar-refractivity contribution in [1.82, 2.24) is 14.9 Å². The highest BCUT2D eigenvalue weighted by atomic mass is 16.5. The van der Waals surface area contributed by atoms with Crippen molar-refractivity contribution in [3.63, 3.8) is 0 Å². The van der Waals surface area contributed by atoms with E-state index in [2.05, 4.69) is 9.97 Å². The van der Waals surface area contributed by atoms with Gasteiger partial charge in [0.2, 0.25) is 5.88 Å². The Morgan fingerprint density at radius 2 is 2.19 bits per heavy atom. The van der Waals surface area contributed by atoms with Crippen LogP contribution in [0.5, 0.6) is 5.88 Å². The van der Waals surface area contributed by atoms with Gasteiger partial charge in [-0.3, -0.25) is 4.79 Å². The number of benzene rings is 1. The number of aromatic nitrogens is 2. The molecule has 0 spiro atoms. The first kappa shape index (κ1) is 16.6. The van der Waals surface area contributed by atoms with E-state index in [1.54, 1.807) is 18.3 Å². The highest BCUT2D eigenvalue weighted by molar-refractivity contribution is 5.96. The summed E-state index contributed by atoms with van der Waals surface area (Å²) < 4.78 is 11.4. The first-order valence-electron chi connectivity index (χ1n) is 8.99. The third-order valence-electron chi connectivity index (χ3n) is 4.65. The molecule has 0 aliphatic carbocycles. The molecular weight excluding hydrogens is 330 g/mol. The number of carbonyl (C=O) groups excluding carboxylic acids is 1. The second-order valence-corrected chi connectivity index (χ2v) is 6.40. The van der Waals surface area contributed by atoms with Crippen LogP contribution in [0.1, 0.15) is 41.9 Å². The van der Waals surface area contributed by atoms with Crippen molar-refractivity contribution < 1.29 is 13.9 Å². The summed E-state index contributed by atoms with van der Waals surface area (Å²) in [4.78, 5) is 23.6. The van der Waals surface area contributed by atoms with E-state index in [0.29, 0.717) is 30.5 Å². The van der Waals surface area contributed by atoms with Crippen molar-refractivity contribution >= 4 is 17.0 Å². The van der Waals surface area contributed by atoms with Gasteiger partial charge in [-0.05, 0) is 44.0 Å². The number of hydrogen-bond donors (Lipinski definition) is 0. The molecule has 3 aromatic rings. The number of pyridine rings is 1. The summed E-state index contributed by atoms with van der Waals surface area (Å²) >= 11 is 0. The molecule has 1 aliphatic heterocycles. The van der Waals surface area contributed by atoms with Crippen LogP contribution in [0.3, 0.4) is 0 Å². The number of oxazole rings is 1. The van der Waals surface area contributed by atoms with Crippen LogP contribution in [-0.2, 0) is 0 Å². The second kappa shape index (κ2) is 7.15. The Labute approximate surface area is 151 Å². The predicted octanol–water partition coefficient (Wildman–Crippen LogP) is 3.64. The molecule has 6 nitrogen and oxygen atoms in total. The zero-order chi connectivity index (χ0) is 17.9. The number of rotatable bonds is 4. The lowest BCUT2D eigenvalue weighted by Gasteiger charge is -2.31. The number of carbonyl (C=O) groups is 1. The monoisotopic (exact) mass is 351 g/mol. The highest BCUT2D eigenvalue weighted by Gasteiger charge is 2.30. The Bertz CT molecular complexity index is 888. The summed E-state index contributed by atoms with van der Waals surface area (Å²) in [6.07, 6.45) is 3.51. The molecule has 1 aliphatic rings. The summed E-state index contributed by atoms with van der Waals surface area (Å²) in [5, 5.41) is 0. The Balaban J connectivity index is 1.56. The van der Waals surface area contributed by atoms with E-state index in [0.717, 1.165) is 30.5 Å². The number of likely N-dealkylation sites (tertiary alicyclic amines) is 1. The normalized spacial score (nSPS) is 17.4. The van der Waals surface area contributed by atoms with E-state index in [-0.39, 0.29) is 11.8 Å². The van der Waals surface area contributed by atoms with Crippen molar-refractivity contribution in [3.05, 3.63) is 54.0 Å². The van der Waals surface area contributed by atoms with Gasteiger partial charge in [0.05, 0.1) is 12.5 Å². The molecule has 4 rings (SSSR count). The number of piperidine rings is 1. The molecule has 0 radical (unpaired) electrons. The maximum atomic E-state index is 13.0. The number of amides is 1. The van der Waals surface area contributed by atoms with Crippen molar-refractivity contribution in [2.24, 2.45) is 0 Å². The zero-order valence-electron chi connectivity index (χ0n) is 14.7. The van der Waals surface area contributed by atoms with Gasteiger partial charge in [-0.25, -0.2) is 9.97 Å². The van der Waals surface area contributed by atoms with Gasteiger partial charge in [0.1, 0.15) is 11.1 Å². The van der Waals surface area contributed by atoms with Gasteiger partial charge < -0.3 is 14.1 Å². The topological polar surface area (TPSA) is 68.5 Å². The van der Waals surface area contributed by atoms with Crippen LogP contribution in [0.15, 0.2) is 47.0 Å². The van der Waals surface area contributed by atoms with Crippen molar-refractivity contribution in [2.75, 3.05) is 19.7 Å². The van der Waals surface area contributed by atoms with Crippen LogP contribution in [0.2, 0.25) is 0 Å². The Morgan fingerprint density at radius 3 is 3.04 bits per heavy atom. The predicted molar refractivity (Wildman–Crippen MR) is 97.3 cm³/mol. The van der Waals surface area contributed by atoms with Crippen molar-refractivity contribution in [3.8, 4) is 5.88 Å². The molecule has 2 aromatic heterocycles. The minimum Gasteiger partial charge on any atom is -0.477 e. The molecule has 26 heavy (non-hydrogen) atoms. The summed E-state index contributed by atoms with van der Waals surface area (Å²) in [5.74, 6) is 1.15. The fourth-order valence-corrected chi connectivity index (χ4v) is 3.40. The Morgan fingerprint density at radius 1 is 1.31 bits per heavy atom. The van der Waals surface area contributed by atoms with Crippen LogP contribution in [-0.4, -0.2) is 40.5 Å². The van der Waals surface area contributed by atoms with E-state index in [4.69, 9.17) is 9.15 Å². The maximum Gasteiger partial charge on any atom is 0.259 e. The Kier molecular flexibility index (Phi) is 4.56. The minimum absolute atomic E-state index is 0.0534. The fraction of sp³-hybridized carbons (Fsp3) is 0.350. The number of ether oxygens (including phenoxy) is 1. The molecule has 1 amide bonds. The average Bonchev–Trinajstić information content (AvgIpc) is 3.13. The maximum absolute atomic E-state index is 13.0. The molecule has 6 heteroatoms. The molecule has 1 atom stereocenters. The van der Waals surface area contributed by atoms with E-state index in [9.17, 15) is 4.79 Å². The zero-order valence-corrected chi connectivity index (χ0v) is 14.7. The lowest BCUT2D eigenvalue weighted by Crippen LogP contribution is -2.39. The number of fused-ring (bicyclic) bond motifs is 1. The van der Waals surface area contributed by atoms with Gasteiger partial charge in [-0.1, -0.05) is 12.1 Å². The van der Waals surface area contributed by atoms with Crippen LogP contribution in [0.4, 0.5) is 0 Å². The van der Waals surface area contributed by atoms with Crippen molar-refractivity contribution in [1.29, 1.82) is 0 Å². The van der Waals surface area contributed by atoms with E-state index in [1.165, 1.54) is 0 Å². The van der Waals surface area contributed by atoms with Gasteiger partial charge in [-0.2, -0.15) is 0 Å². The van der Waals surface area contributed by atoms with Gasteiger partial charge >= 0.3 is 0 Å². The average molecular weight is 351 g/mol. The van der Waals surface area contributed by atoms with Crippen molar-refractivity contribution in [2.45, 2.75) is 25.7 Å². The van der Waals surface area contributed by atoms with E-state index >= 15 is 0 Å². The highest BCUT2D eigenvalue weighted by Crippen LogP contribution is 2.30. The van der Waals surface area contributed by atoms with Crippen LogP contribution < -0.4 is 4.74 Å². The quantitative estimate of drug-likeness (QED) is 0.718. The molecule has 1 fully saturated rings. The number of para-hydroxylation sites is 2. The smallest absolute Gasteiger partial charge is 0.259 e. The van der Waals surface area contributed by atoms with E-state index in [1.807, 2.05) is 36.1 Å². The molecule has 0 saturated carbocycles. The van der Waals surface area contributed by atoms with Crippen LogP contribution >= 0.6 is 0 Å². The first-order valence-corrected chi connectivity index (χ1v) is 8.99. The van der Waals surface area contributed by atoms with Gasteiger partial charge in [0.15, 0.2) is 11.5 Å². The fourth-order valence-electron chi connectivity index (χ4n) is 3.40. The van der Waals surface area contributed by atoms with Crippen LogP contribution in [0, 0.1) is 0 Å². The SMILES string of the molecule is CCOc1ncccc1C(=O)N1CCC[C@@H](c2nc3ccccc3o2)C1. The summed E-state index contributed by atoms with van der Waals surface area (Å²) in [6.45, 7) is 3.66. The first-order chi connectivity index (χ1) is 12.8. The van der Waals surface area contributed by atoms with Crippen LogP contribution in [0.25, 0.3) is 11.1 Å². The summed E-state index contributed by atoms with van der Waals surface area (Å²) in [6, 6.07) is 11.3. The molecule has 1 aromatic carbocycles. The molecule has 134 valence electrons.